The standard InChI is InChI=1S/C31H35BrCl2N2O3/c1-20(2)22-12-14-28(25(32)16-22)39-19-29(37)36(18-23-11-13-24(33)17-26(23)34)27(30(38)35-31(3,4)5)15-21-9-7-6-8-10-21/h6-14,16-17,20,27H,15,18-19H2,1-5H3,(H,35,38). The molecule has 0 radical (unpaired) electrons. The van der Waals surface area contributed by atoms with E-state index in [9.17, 15) is 9.59 Å². The number of benzene rings is 3. The van der Waals surface area contributed by atoms with Gasteiger partial charge >= 0.3 is 0 Å². The molecule has 8 heteroatoms. The SMILES string of the molecule is CC(C)c1ccc(OCC(=O)N(Cc2ccc(Cl)cc2Cl)C(Cc2ccccc2)C(=O)NC(C)(C)C)c(Br)c1. The second kappa shape index (κ2) is 13.7. The lowest BCUT2D eigenvalue weighted by atomic mass is 10.0. The second-order valence-corrected chi connectivity index (χ2v) is 12.5. The summed E-state index contributed by atoms with van der Waals surface area (Å²) in [5, 5.41) is 3.96. The van der Waals surface area contributed by atoms with Crippen LogP contribution >= 0.6 is 39.1 Å². The topological polar surface area (TPSA) is 58.6 Å². The summed E-state index contributed by atoms with van der Waals surface area (Å²) in [5.41, 5.74) is 2.28. The Morgan fingerprint density at radius 1 is 1.00 bits per heavy atom. The summed E-state index contributed by atoms with van der Waals surface area (Å²) >= 11 is 16.2. The average Bonchev–Trinajstić information content (AvgIpc) is 2.85. The number of amides is 2. The molecule has 0 aliphatic carbocycles. The first-order chi connectivity index (χ1) is 18.3. The van der Waals surface area contributed by atoms with E-state index in [1.54, 1.807) is 23.1 Å². The number of nitrogens with zero attached hydrogens (tertiary/aromatic N) is 1. The van der Waals surface area contributed by atoms with E-state index in [0.29, 0.717) is 33.7 Å². The first kappa shape index (κ1) is 31.0. The van der Waals surface area contributed by atoms with E-state index in [-0.39, 0.29) is 25.0 Å². The highest BCUT2D eigenvalue weighted by Gasteiger charge is 2.33. The van der Waals surface area contributed by atoms with Gasteiger partial charge in [0.15, 0.2) is 6.61 Å². The highest BCUT2D eigenvalue weighted by atomic mass is 79.9. The predicted molar refractivity (Wildman–Crippen MR) is 163 cm³/mol. The predicted octanol–water partition coefficient (Wildman–Crippen LogP) is 7.81. The van der Waals surface area contributed by atoms with Crippen molar-refractivity contribution < 1.29 is 14.3 Å². The monoisotopic (exact) mass is 632 g/mol. The van der Waals surface area contributed by atoms with Gasteiger partial charge in [0, 0.05) is 28.5 Å². The Labute approximate surface area is 250 Å². The molecular formula is C31H35BrCl2N2O3. The molecule has 0 fully saturated rings. The summed E-state index contributed by atoms with van der Waals surface area (Å²) in [4.78, 5) is 29.0. The molecule has 0 heterocycles. The van der Waals surface area contributed by atoms with Gasteiger partial charge in [-0.25, -0.2) is 0 Å². The summed E-state index contributed by atoms with van der Waals surface area (Å²) in [5.74, 6) is 0.311. The van der Waals surface area contributed by atoms with Gasteiger partial charge in [-0.3, -0.25) is 9.59 Å². The number of hydrogen-bond donors (Lipinski definition) is 1. The zero-order valence-electron chi connectivity index (χ0n) is 22.9. The van der Waals surface area contributed by atoms with Crippen LogP contribution in [0.5, 0.6) is 5.75 Å². The number of halogens is 3. The van der Waals surface area contributed by atoms with Crippen LogP contribution in [0.25, 0.3) is 0 Å². The molecule has 3 aromatic rings. The number of hydrogen-bond acceptors (Lipinski definition) is 3. The molecule has 208 valence electrons. The van der Waals surface area contributed by atoms with E-state index >= 15 is 0 Å². The number of ether oxygens (including phenoxy) is 1. The fraction of sp³-hybridized carbons (Fsp3) is 0.355. The van der Waals surface area contributed by atoms with Crippen molar-refractivity contribution in [2.24, 2.45) is 0 Å². The summed E-state index contributed by atoms with van der Waals surface area (Å²) < 4.78 is 6.72. The van der Waals surface area contributed by atoms with Crippen molar-refractivity contribution in [3.05, 3.63) is 97.9 Å². The molecule has 1 N–H and O–H groups in total. The Hall–Kier alpha value is -2.54. The van der Waals surface area contributed by atoms with E-state index < -0.39 is 11.6 Å². The number of carbonyl (C=O) groups excluding carboxylic acids is 2. The summed E-state index contributed by atoms with van der Waals surface area (Å²) in [6, 6.07) is 19.8. The minimum absolute atomic E-state index is 0.112. The third-order valence-electron chi connectivity index (χ3n) is 6.10. The minimum Gasteiger partial charge on any atom is -0.483 e. The van der Waals surface area contributed by atoms with E-state index in [2.05, 4.69) is 35.1 Å². The van der Waals surface area contributed by atoms with Gasteiger partial charge < -0.3 is 15.0 Å². The van der Waals surface area contributed by atoms with Crippen LogP contribution in [0.2, 0.25) is 10.0 Å². The van der Waals surface area contributed by atoms with E-state index in [1.807, 2.05) is 69.3 Å². The lowest BCUT2D eigenvalue weighted by Gasteiger charge is -2.34. The van der Waals surface area contributed by atoms with Crippen LogP contribution < -0.4 is 10.1 Å². The fourth-order valence-corrected chi connectivity index (χ4v) is 5.04. The molecule has 3 aromatic carbocycles. The van der Waals surface area contributed by atoms with Crippen molar-refractivity contribution in [3.63, 3.8) is 0 Å². The van der Waals surface area contributed by atoms with Gasteiger partial charge in [0.05, 0.1) is 4.47 Å². The Morgan fingerprint density at radius 3 is 2.28 bits per heavy atom. The van der Waals surface area contributed by atoms with Crippen molar-refractivity contribution in [3.8, 4) is 5.75 Å². The van der Waals surface area contributed by atoms with Gasteiger partial charge in [-0.05, 0) is 83.6 Å². The molecule has 0 aliphatic heterocycles. The van der Waals surface area contributed by atoms with Gasteiger partial charge in [0.2, 0.25) is 5.91 Å². The van der Waals surface area contributed by atoms with Crippen molar-refractivity contribution in [1.82, 2.24) is 10.2 Å². The molecule has 0 spiro atoms. The molecule has 2 amide bonds. The van der Waals surface area contributed by atoms with Crippen LogP contribution in [0.3, 0.4) is 0 Å². The van der Waals surface area contributed by atoms with Gasteiger partial charge in [-0.1, -0.05) is 79.5 Å². The lowest BCUT2D eigenvalue weighted by Crippen LogP contribution is -2.55. The molecule has 3 rings (SSSR count). The first-order valence-electron chi connectivity index (χ1n) is 12.9. The number of nitrogens with one attached hydrogen (secondary N) is 1. The molecule has 0 saturated carbocycles. The van der Waals surface area contributed by atoms with Crippen molar-refractivity contribution in [1.29, 1.82) is 0 Å². The highest BCUT2D eigenvalue weighted by molar-refractivity contribution is 9.10. The Kier molecular flexibility index (Phi) is 10.9. The maximum atomic E-state index is 13.8. The van der Waals surface area contributed by atoms with Crippen LogP contribution in [0.15, 0.2) is 71.2 Å². The molecule has 0 saturated heterocycles. The Bertz CT molecular complexity index is 1290. The molecule has 39 heavy (non-hydrogen) atoms. The summed E-state index contributed by atoms with van der Waals surface area (Å²) in [7, 11) is 0. The third-order valence-corrected chi connectivity index (χ3v) is 7.31. The zero-order chi connectivity index (χ0) is 28.7. The summed E-state index contributed by atoms with van der Waals surface area (Å²) in [6.45, 7) is 9.82. The van der Waals surface area contributed by atoms with Crippen LogP contribution in [0.1, 0.15) is 57.2 Å². The molecule has 5 nitrogen and oxygen atoms in total. The van der Waals surface area contributed by atoms with Gasteiger partial charge in [0.25, 0.3) is 5.91 Å². The van der Waals surface area contributed by atoms with Crippen LogP contribution in [-0.4, -0.2) is 34.9 Å². The highest BCUT2D eigenvalue weighted by Crippen LogP contribution is 2.29. The van der Waals surface area contributed by atoms with Crippen molar-refractivity contribution in [2.45, 2.75) is 65.1 Å². The number of rotatable bonds is 10. The van der Waals surface area contributed by atoms with Gasteiger partial charge in [0.1, 0.15) is 11.8 Å². The van der Waals surface area contributed by atoms with Crippen molar-refractivity contribution >= 4 is 50.9 Å². The fourth-order valence-electron chi connectivity index (χ4n) is 4.06. The van der Waals surface area contributed by atoms with Crippen LogP contribution in [0, 0.1) is 0 Å². The average molecular weight is 634 g/mol. The first-order valence-corrected chi connectivity index (χ1v) is 14.4. The van der Waals surface area contributed by atoms with E-state index in [1.165, 1.54) is 0 Å². The third kappa shape index (κ3) is 9.26. The normalized spacial score (nSPS) is 12.2. The van der Waals surface area contributed by atoms with Crippen LogP contribution in [-0.2, 0) is 22.6 Å². The zero-order valence-corrected chi connectivity index (χ0v) is 26.0. The van der Waals surface area contributed by atoms with Gasteiger partial charge in [-0.2, -0.15) is 0 Å². The minimum atomic E-state index is -0.804. The molecule has 1 atom stereocenters. The maximum absolute atomic E-state index is 13.8. The number of carbonyl (C=O) groups is 2. The lowest BCUT2D eigenvalue weighted by molar-refractivity contribution is -0.143. The summed E-state index contributed by atoms with van der Waals surface area (Å²) in [6.07, 6.45) is 0.326. The van der Waals surface area contributed by atoms with Crippen molar-refractivity contribution in [2.75, 3.05) is 6.61 Å². The Balaban J connectivity index is 1.96. The molecule has 0 aliphatic rings. The smallest absolute Gasteiger partial charge is 0.261 e. The second-order valence-electron chi connectivity index (χ2n) is 10.8. The van der Waals surface area contributed by atoms with E-state index in [4.69, 9.17) is 27.9 Å². The Morgan fingerprint density at radius 2 is 1.69 bits per heavy atom. The molecular weight excluding hydrogens is 599 g/mol. The van der Waals surface area contributed by atoms with Crippen LogP contribution in [0.4, 0.5) is 0 Å². The quantitative estimate of drug-likeness (QED) is 0.248. The van der Waals surface area contributed by atoms with Gasteiger partial charge in [-0.15, -0.1) is 0 Å². The largest absolute Gasteiger partial charge is 0.483 e. The molecule has 0 bridgehead atoms. The molecule has 1 unspecified atom stereocenters. The van der Waals surface area contributed by atoms with E-state index in [0.717, 1.165) is 15.6 Å². The maximum Gasteiger partial charge on any atom is 0.261 e. The molecule has 0 aromatic heterocycles.